The normalized spacial score (nSPS) is 11.4. The number of benzene rings is 7. The first-order valence-electron chi connectivity index (χ1n) is 16.1. The minimum Gasteiger partial charge on any atom is -0.456 e. The predicted molar refractivity (Wildman–Crippen MR) is 197 cm³/mol. The van der Waals surface area contributed by atoms with Gasteiger partial charge in [-0.15, -0.1) is 0 Å². The van der Waals surface area contributed by atoms with Crippen LogP contribution in [-0.4, -0.2) is 15.0 Å². The average Bonchev–Trinajstić information content (AvgIpc) is 3.54. The van der Waals surface area contributed by atoms with Gasteiger partial charge >= 0.3 is 0 Å². The molecule has 0 bridgehead atoms. The van der Waals surface area contributed by atoms with E-state index in [-0.39, 0.29) is 0 Å². The maximum atomic E-state index is 6.43. The van der Waals surface area contributed by atoms with E-state index in [1.54, 1.807) is 0 Å². The van der Waals surface area contributed by atoms with E-state index < -0.39 is 0 Å². The van der Waals surface area contributed by atoms with Crippen molar-refractivity contribution in [1.82, 2.24) is 15.0 Å². The van der Waals surface area contributed by atoms with Crippen LogP contribution in [0, 0.1) is 6.92 Å². The molecule has 0 unspecified atom stereocenters. The van der Waals surface area contributed by atoms with Gasteiger partial charge in [0.05, 0.1) is 0 Å². The number of nitrogens with zero attached hydrogens (tertiary/aromatic N) is 3. The smallest absolute Gasteiger partial charge is 0.164 e. The lowest BCUT2D eigenvalue weighted by Gasteiger charge is -2.10. The van der Waals surface area contributed by atoms with Crippen LogP contribution in [0.25, 0.3) is 89.1 Å². The molecule has 0 spiro atoms. The SMILES string of the molecule is Cc1cc(-c2ccc(-c3nc(-c4ccccc4)nc(-c4ccc5c(c4)oc4cccc(-c6ccccc6)c45)n3)cc2)cc2ccccc12. The fourth-order valence-electron chi connectivity index (χ4n) is 6.65. The van der Waals surface area contributed by atoms with Gasteiger partial charge in [-0.05, 0) is 69.8 Å². The molecular weight excluding hydrogens is 587 g/mol. The molecule has 0 aliphatic carbocycles. The van der Waals surface area contributed by atoms with Crippen molar-refractivity contribution in [2.45, 2.75) is 6.92 Å². The molecule has 0 N–H and O–H groups in total. The Morgan fingerprint density at radius 2 is 1.00 bits per heavy atom. The summed E-state index contributed by atoms with van der Waals surface area (Å²) in [5.41, 5.74) is 10.3. The fourth-order valence-corrected chi connectivity index (χ4v) is 6.65. The van der Waals surface area contributed by atoms with Gasteiger partial charge in [-0.2, -0.15) is 0 Å². The zero-order valence-electron chi connectivity index (χ0n) is 26.3. The van der Waals surface area contributed by atoms with E-state index in [1.165, 1.54) is 21.9 Å². The van der Waals surface area contributed by atoms with Crippen molar-refractivity contribution in [2.24, 2.45) is 0 Å². The van der Waals surface area contributed by atoms with Gasteiger partial charge < -0.3 is 4.42 Å². The van der Waals surface area contributed by atoms with Crippen molar-refractivity contribution < 1.29 is 4.42 Å². The summed E-state index contributed by atoms with van der Waals surface area (Å²) in [5, 5.41) is 4.68. The summed E-state index contributed by atoms with van der Waals surface area (Å²) in [5.74, 6) is 1.84. The molecule has 0 aliphatic rings. The van der Waals surface area contributed by atoms with Gasteiger partial charge in [-0.25, -0.2) is 15.0 Å². The third-order valence-electron chi connectivity index (χ3n) is 9.05. The molecule has 0 saturated heterocycles. The Morgan fingerprint density at radius 1 is 0.396 bits per heavy atom. The van der Waals surface area contributed by atoms with Crippen LogP contribution in [0.15, 0.2) is 162 Å². The van der Waals surface area contributed by atoms with Crippen molar-refractivity contribution in [2.75, 3.05) is 0 Å². The third-order valence-corrected chi connectivity index (χ3v) is 9.05. The molecule has 0 radical (unpaired) electrons. The Balaban J connectivity index is 1.15. The Hall–Kier alpha value is -6.39. The molecule has 7 aromatic carbocycles. The molecule has 226 valence electrons. The van der Waals surface area contributed by atoms with E-state index in [4.69, 9.17) is 19.4 Å². The number of hydrogen-bond acceptors (Lipinski definition) is 4. The van der Waals surface area contributed by atoms with Gasteiger partial charge in [0.15, 0.2) is 17.5 Å². The second-order valence-corrected chi connectivity index (χ2v) is 12.1. The molecule has 9 rings (SSSR count). The van der Waals surface area contributed by atoms with Gasteiger partial charge in [0, 0.05) is 27.5 Å². The fraction of sp³-hybridized carbons (Fsp3) is 0.0227. The van der Waals surface area contributed by atoms with E-state index >= 15 is 0 Å². The summed E-state index contributed by atoms with van der Waals surface area (Å²) >= 11 is 0. The van der Waals surface area contributed by atoms with Gasteiger partial charge in [-0.3, -0.25) is 0 Å². The van der Waals surface area contributed by atoms with Gasteiger partial charge in [0.1, 0.15) is 11.2 Å². The van der Waals surface area contributed by atoms with Crippen LogP contribution >= 0.6 is 0 Å². The molecule has 4 heteroatoms. The van der Waals surface area contributed by atoms with Gasteiger partial charge in [0.2, 0.25) is 0 Å². The molecule has 2 aromatic heterocycles. The van der Waals surface area contributed by atoms with Crippen molar-refractivity contribution in [3.63, 3.8) is 0 Å². The lowest BCUT2D eigenvalue weighted by molar-refractivity contribution is 0.669. The molecule has 0 fully saturated rings. The van der Waals surface area contributed by atoms with Gasteiger partial charge in [-0.1, -0.05) is 133 Å². The van der Waals surface area contributed by atoms with Crippen molar-refractivity contribution in [3.05, 3.63) is 163 Å². The second-order valence-electron chi connectivity index (χ2n) is 12.1. The highest BCUT2D eigenvalue weighted by molar-refractivity contribution is 6.13. The molecule has 0 aliphatic heterocycles. The van der Waals surface area contributed by atoms with Crippen LogP contribution in [0.2, 0.25) is 0 Å². The minimum absolute atomic E-state index is 0.596. The molecule has 4 nitrogen and oxygen atoms in total. The number of rotatable bonds is 5. The summed E-state index contributed by atoms with van der Waals surface area (Å²) in [6.45, 7) is 2.17. The van der Waals surface area contributed by atoms with E-state index in [0.717, 1.165) is 55.3 Å². The molecule has 0 amide bonds. The van der Waals surface area contributed by atoms with Crippen molar-refractivity contribution in [1.29, 1.82) is 0 Å². The summed E-state index contributed by atoms with van der Waals surface area (Å²) in [6, 6.07) is 54.5. The molecule has 2 heterocycles. The lowest BCUT2D eigenvalue weighted by atomic mass is 9.97. The maximum absolute atomic E-state index is 6.43. The number of furan rings is 1. The Morgan fingerprint density at radius 3 is 1.75 bits per heavy atom. The van der Waals surface area contributed by atoms with Crippen molar-refractivity contribution in [3.8, 4) is 56.4 Å². The third kappa shape index (κ3) is 4.91. The van der Waals surface area contributed by atoms with E-state index in [2.05, 4.69) is 110 Å². The monoisotopic (exact) mass is 615 g/mol. The summed E-state index contributed by atoms with van der Waals surface area (Å²) in [4.78, 5) is 14.9. The average molecular weight is 616 g/mol. The topological polar surface area (TPSA) is 51.8 Å². The number of fused-ring (bicyclic) bond motifs is 4. The Labute approximate surface area is 278 Å². The van der Waals surface area contributed by atoms with E-state index in [1.807, 2.05) is 54.6 Å². The number of aryl methyl sites for hydroxylation is 1. The maximum Gasteiger partial charge on any atom is 0.164 e. The second kappa shape index (κ2) is 11.4. The van der Waals surface area contributed by atoms with Crippen LogP contribution in [0.1, 0.15) is 5.56 Å². The first-order valence-corrected chi connectivity index (χ1v) is 16.1. The first-order chi connectivity index (χ1) is 23.7. The molecule has 0 saturated carbocycles. The van der Waals surface area contributed by atoms with E-state index in [9.17, 15) is 0 Å². The van der Waals surface area contributed by atoms with Crippen LogP contribution in [0.3, 0.4) is 0 Å². The van der Waals surface area contributed by atoms with Crippen LogP contribution in [0.4, 0.5) is 0 Å². The largest absolute Gasteiger partial charge is 0.456 e. The van der Waals surface area contributed by atoms with Crippen LogP contribution in [0.5, 0.6) is 0 Å². The standard InChI is InChI=1S/C44H29N3O/c1-28-25-35(26-33-15-8-9-16-36(28)33)29-19-21-32(22-20-29)43-45-42(31-13-6-3-7-14-31)46-44(47-43)34-23-24-38-40(27-34)48-39-18-10-17-37(41(38)39)30-11-4-2-5-12-30/h2-27H,1H3. The Bertz CT molecular complexity index is 2610. The quantitative estimate of drug-likeness (QED) is 0.193. The number of aromatic nitrogens is 3. The first kappa shape index (κ1) is 27.9. The van der Waals surface area contributed by atoms with Crippen LogP contribution in [-0.2, 0) is 0 Å². The minimum atomic E-state index is 0.596. The number of hydrogen-bond donors (Lipinski definition) is 0. The van der Waals surface area contributed by atoms with E-state index in [0.29, 0.717) is 17.5 Å². The highest BCUT2D eigenvalue weighted by atomic mass is 16.3. The highest BCUT2D eigenvalue weighted by Crippen LogP contribution is 2.38. The molecule has 0 atom stereocenters. The van der Waals surface area contributed by atoms with Crippen molar-refractivity contribution >= 4 is 32.7 Å². The Kier molecular flexibility index (Phi) is 6.65. The lowest BCUT2D eigenvalue weighted by Crippen LogP contribution is -2.00. The summed E-state index contributed by atoms with van der Waals surface area (Å²) in [7, 11) is 0. The molecular formula is C44H29N3O. The molecule has 48 heavy (non-hydrogen) atoms. The zero-order chi connectivity index (χ0) is 32.0. The van der Waals surface area contributed by atoms with Gasteiger partial charge in [0.25, 0.3) is 0 Å². The molecule has 9 aromatic rings. The van der Waals surface area contributed by atoms with Crippen LogP contribution < -0.4 is 0 Å². The predicted octanol–water partition coefficient (Wildman–Crippen LogP) is 11.6. The summed E-state index contributed by atoms with van der Waals surface area (Å²) < 4.78 is 6.43. The zero-order valence-corrected chi connectivity index (χ0v) is 26.3. The summed E-state index contributed by atoms with van der Waals surface area (Å²) in [6.07, 6.45) is 0. The highest BCUT2D eigenvalue weighted by Gasteiger charge is 2.17.